The minimum Gasteiger partial charge on any atom is -0.481 e. The van der Waals surface area contributed by atoms with E-state index in [4.69, 9.17) is 14.4 Å². The highest BCUT2D eigenvalue weighted by molar-refractivity contribution is 6.62. The van der Waals surface area contributed by atoms with E-state index in [2.05, 4.69) is 21.3 Å². The lowest BCUT2D eigenvalue weighted by Gasteiger charge is -2.23. The second-order valence-corrected chi connectivity index (χ2v) is 13.3. The third-order valence-electron chi connectivity index (χ3n) is 9.18. The van der Waals surface area contributed by atoms with Crippen LogP contribution in [0.15, 0.2) is 24.3 Å². The standard InChI is InChI=1S/C33H36B2F6N4O12/c1-15(30(50)51)4-2-3-7-42-26(46)6-5-24(31(52)53)44-29(49)25(45-28(48)17-9-21(33(39,40)41)19-14-57-35(55)23(19)11-17)12-43-27(47)16-8-20(32(36,37)38)18-13-56-34(54)22(18)10-16/h8-11,15,24-25,54-55H,2-7,12-14H2,1H3,(H,42,46)(H,43,47)(H,44,49)(H,45,48)(H,50,51)(H,52,53)/t15-,24-,25-/m0/s1. The van der Waals surface area contributed by atoms with Crippen LogP contribution >= 0.6 is 0 Å². The highest BCUT2D eigenvalue weighted by atomic mass is 19.4. The van der Waals surface area contributed by atoms with Gasteiger partial charge >= 0.3 is 38.5 Å². The smallest absolute Gasteiger partial charge is 0.481 e. The molecule has 0 saturated heterocycles. The molecule has 4 amide bonds. The normalized spacial score (nSPS) is 15.2. The molecule has 4 rings (SSSR count). The first-order valence-corrected chi connectivity index (χ1v) is 17.3. The van der Waals surface area contributed by atoms with Gasteiger partial charge in [-0.25, -0.2) is 4.79 Å². The molecule has 24 heteroatoms. The van der Waals surface area contributed by atoms with Crippen molar-refractivity contribution < 1.29 is 84.7 Å². The maximum absolute atomic E-state index is 13.9. The number of carboxylic acid groups (broad SMARTS) is 2. The lowest BCUT2D eigenvalue weighted by molar-refractivity contribution is -0.142. The summed E-state index contributed by atoms with van der Waals surface area (Å²) in [6, 6.07) is -1.23. The molecular weight excluding hydrogens is 780 g/mol. The van der Waals surface area contributed by atoms with Crippen molar-refractivity contribution in [1.29, 1.82) is 0 Å². The molecule has 0 aliphatic carbocycles. The SMILES string of the molecule is C[C@@H](CCCCNC(=O)CC[C@H](NC(=O)[C@H](CNC(=O)c1cc2c(c(C(F)(F)F)c1)COB2O)NC(=O)c1cc2c(c(C(F)(F)F)c1)COB2O)C(=O)O)C(=O)O. The second-order valence-electron chi connectivity index (χ2n) is 13.3. The van der Waals surface area contributed by atoms with E-state index in [0.29, 0.717) is 31.4 Å². The Kier molecular flexibility index (Phi) is 14.4. The van der Waals surface area contributed by atoms with Crippen LogP contribution in [-0.4, -0.2) is 95.2 Å². The van der Waals surface area contributed by atoms with Crippen molar-refractivity contribution in [2.45, 2.75) is 76.7 Å². The summed E-state index contributed by atoms with van der Waals surface area (Å²) in [5, 5.41) is 47.6. The molecule has 0 radical (unpaired) electrons. The van der Waals surface area contributed by atoms with Crippen molar-refractivity contribution in [2.24, 2.45) is 5.92 Å². The largest absolute Gasteiger partial charge is 0.491 e. The molecule has 0 fully saturated rings. The molecule has 0 saturated carbocycles. The number of hydrogen-bond donors (Lipinski definition) is 8. The maximum Gasteiger partial charge on any atom is 0.491 e. The number of amides is 4. The van der Waals surface area contributed by atoms with Crippen molar-refractivity contribution in [3.8, 4) is 0 Å². The zero-order valence-corrected chi connectivity index (χ0v) is 29.9. The summed E-state index contributed by atoms with van der Waals surface area (Å²) in [6.45, 7) is -0.599. The fourth-order valence-corrected chi connectivity index (χ4v) is 5.99. The molecule has 3 atom stereocenters. The number of carboxylic acids is 2. The van der Waals surface area contributed by atoms with Crippen LogP contribution in [0.2, 0.25) is 0 Å². The summed E-state index contributed by atoms with van der Waals surface area (Å²) in [4.78, 5) is 75.4. The number of alkyl halides is 6. The molecule has 2 aromatic rings. The Bertz CT molecular complexity index is 1900. The van der Waals surface area contributed by atoms with Gasteiger partial charge in [0.25, 0.3) is 11.8 Å². The van der Waals surface area contributed by atoms with E-state index >= 15 is 0 Å². The van der Waals surface area contributed by atoms with Crippen molar-refractivity contribution in [1.82, 2.24) is 21.3 Å². The highest BCUT2D eigenvalue weighted by Crippen LogP contribution is 2.35. The quantitative estimate of drug-likeness (QED) is 0.0600. The van der Waals surface area contributed by atoms with Crippen LogP contribution in [-0.2, 0) is 54.1 Å². The number of nitrogens with one attached hydrogen (secondary N) is 4. The first kappa shape index (κ1) is 44.5. The van der Waals surface area contributed by atoms with E-state index in [1.54, 1.807) is 0 Å². The van der Waals surface area contributed by atoms with Crippen LogP contribution < -0.4 is 32.2 Å². The summed E-state index contributed by atoms with van der Waals surface area (Å²) in [5.41, 5.74) is -5.76. The zero-order chi connectivity index (χ0) is 42.4. The number of hydrogen-bond acceptors (Lipinski definition) is 10. The zero-order valence-electron chi connectivity index (χ0n) is 29.9. The minimum absolute atomic E-state index is 0.131. The number of benzene rings is 2. The number of carbonyl (C=O) groups excluding carboxylic acids is 4. The van der Waals surface area contributed by atoms with Gasteiger partial charge in [-0.05, 0) is 65.6 Å². The van der Waals surface area contributed by atoms with Gasteiger partial charge < -0.3 is 50.8 Å². The maximum atomic E-state index is 13.9. The van der Waals surface area contributed by atoms with E-state index in [9.17, 15) is 70.3 Å². The van der Waals surface area contributed by atoms with Gasteiger partial charge in [-0.3, -0.25) is 24.0 Å². The Balaban J connectivity index is 1.53. The van der Waals surface area contributed by atoms with Gasteiger partial charge in [0, 0.05) is 30.6 Å². The summed E-state index contributed by atoms with van der Waals surface area (Å²) < 4.78 is 92.9. The van der Waals surface area contributed by atoms with Gasteiger partial charge in [-0.2, -0.15) is 26.3 Å². The molecular formula is C33H36B2F6N4O12. The van der Waals surface area contributed by atoms with Gasteiger partial charge in [0.1, 0.15) is 12.1 Å². The van der Waals surface area contributed by atoms with Gasteiger partial charge in [0.15, 0.2) is 0 Å². The number of unbranched alkanes of at least 4 members (excludes halogenated alkanes) is 1. The van der Waals surface area contributed by atoms with Crippen molar-refractivity contribution >= 4 is 60.7 Å². The fourth-order valence-electron chi connectivity index (χ4n) is 5.99. The number of carbonyl (C=O) groups is 6. The van der Waals surface area contributed by atoms with Gasteiger partial charge in [-0.15, -0.1) is 0 Å². The molecule has 2 heterocycles. The van der Waals surface area contributed by atoms with Crippen molar-refractivity contribution in [3.63, 3.8) is 0 Å². The molecule has 8 N–H and O–H groups in total. The fraction of sp³-hybridized carbons (Fsp3) is 0.455. The van der Waals surface area contributed by atoms with Crippen LogP contribution in [0.25, 0.3) is 0 Å². The van der Waals surface area contributed by atoms with Crippen LogP contribution in [0.5, 0.6) is 0 Å². The third kappa shape index (κ3) is 11.5. The summed E-state index contributed by atoms with van der Waals surface area (Å²) in [7, 11) is -3.66. The monoisotopic (exact) mass is 816 g/mol. The van der Waals surface area contributed by atoms with Gasteiger partial charge in [0.2, 0.25) is 11.8 Å². The predicted molar refractivity (Wildman–Crippen MR) is 184 cm³/mol. The molecule has 0 bridgehead atoms. The summed E-state index contributed by atoms with van der Waals surface area (Å²) in [5.74, 6) is -7.89. The molecule has 0 aromatic heterocycles. The molecule has 2 aromatic carbocycles. The molecule has 2 aliphatic rings. The molecule has 57 heavy (non-hydrogen) atoms. The lowest BCUT2D eigenvalue weighted by Crippen LogP contribution is -2.56. The summed E-state index contributed by atoms with van der Waals surface area (Å²) in [6.07, 6.45) is -9.79. The first-order valence-electron chi connectivity index (χ1n) is 17.3. The first-order chi connectivity index (χ1) is 26.6. The Morgan fingerprint density at radius 3 is 1.74 bits per heavy atom. The highest BCUT2D eigenvalue weighted by Gasteiger charge is 2.42. The molecule has 2 aliphatic heterocycles. The second kappa shape index (κ2) is 18.4. The Labute approximate surface area is 319 Å². The van der Waals surface area contributed by atoms with Crippen molar-refractivity contribution in [3.05, 3.63) is 57.6 Å². The summed E-state index contributed by atoms with van der Waals surface area (Å²) >= 11 is 0. The van der Waals surface area contributed by atoms with E-state index in [-0.39, 0.29) is 12.0 Å². The average molecular weight is 816 g/mol. The number of aliphatic carboxylic acids is 2. The molecule has 308 valence electrons. The third-order valence-corrected chi connectivity index (χ3v) is 9.18. The van der Waals surface area contributed by atoms with E-state index < -0.39 is 152 Å². The topological polar surface area (TPSA) is 250 Å². The van der Waals surface area contributed by atoms with E-state index in [1.165, 1.54) is 6.92 Å². The predicted octanol–water partition coefficient (Wildman–Crippen LogP) is 0.0448. The average Bonchev–Trinajstić information content (AvgIpc) is 3.70. The minimum atomic E-state index is -5.04. The number of rotatable bonds is 17. The number of halogens is 6. The Hall–Kier alpha value is -5.19. The van der Waals surface area contributed by atoms with Gasteiger partial charge in [-0.1, -0.05) is 13.3 Å². The van der Waals surface area contributed by atoms with Crippen LogP contribution in [0.3, 0.4) is 0 Å². The van der Waals surface area contributed by atoms with Crippen molar-refractivity contribution in [2.75, 3.05) is 13.1 Å². The van der Waals surface area contributed by atoms with E-state index in [1.807, 2.05) is 0 Å². The molecule has 0 spiro atoms. The number of fused-ring (bicyclic) bond motifs is 2. The van der Waals surface area contributed by atoms with E-state index in [0.717, 1.165) is 12.1 Å². The Morgan fingerprint density at radius 2 is 1.25 bits per heavy atom. The Morgan fingerprint density at radius 1 is 0.719 bits per heavy atom. The lowest BCUT2D eigenvalue weighted by atomic mass is 9.77. The van der Waals surface area contributed by atoms with Gasteiger partial charge in [0.05, 0.1) is 30.3 Å². The molecule has 16 nitrogen and oxygen atoms in total. The van der Waals surface area contributed by atoms with Crippen LogP contribution in [0.4, 0.5) is 26.3 Å². The van der Waals surface area contributed by atoms with Crippen LogP contribution in [0, 0.1) is 5.92 Å². The van der Waals surface area contributed by atoms with Crippen LogP contribution in [0.1, 0.15) is 82.0 Å². The molecule has 0 unspecified atom stereocenters.